The molecule has 9 aromatic rings. The normalized spacial score (nSPS) is 19.7. The Labute approximate surface area is 387 Å². The molecule has 0 saturated heterocycles. The molecule has 1 heterocycles. The van der Waals surface area contributed by atoms with Gasteiger partial charge >= 0.3 is 0 Å². The van der Waals surface area contributed by atoms with Gasteiger partial charge in [-0.3, -0.25) is 0 Å². The lowest BCUT2D eigenvalue weighted by molar-refractivity contribution is 0.316. The second-order valence-corrected chi connectivity index (χ2v) is 25.1. The van der Waals surface area contributed by atoms with E-state index in [-0.39, 0.29) is 5.41 Å². The predicted molar refractivity (Wildman–Crippen MR) is 283 cm³/mol. The lowest BCUT2D eigenvalue weighted by Crippen LogP contribution is -2.49. The summed E-state index contributed by atoms with van der Waals surface area (Å²) in [5, 5.41) is 14.2. The number of allylic oxidation sites excluding steroid dienone is 6. The Balaban J connectivity index is 1.12. The molecular formula is C65H48Si. The van der Waals surface area contributed by atoms with Crippen molar-refractivity contribution in [1.29, 1.82) is 0 Å². The first kappa shape index (κ1) is 37.2. The van der Waals surface area contributed by atoms with Gasteiger partial charge in [-0.15, -0.1) is 0 Å². The van der Waals surface area contributed by atoms with Crippen LogP contribution >= 0.6 is 0 Å². The average Bonchev–Trinajstić information content (AvgIpc) is 3.94. The molecule has 0 spiro atoms. The third-order valence-electron chi connectivity index (χ3n) is 17.1. The largest absolute Gasteiger partial charge is 0.113 e. The summed E-state index contributed by atoms with van der Waals surface area (Å²) in [5.74, 6) is 0.401. The molecule has 1 heteroatoms. The van der Waals surface area contributed by atoms with Crippen molar-refractivity contribution in [2.75, 3.05) is 0 Å². The molecule has 9 aromatic carbocycles. The molecule has 0 N–H and O–H groups in total. The van der Waals surface area contributed by atoms with Crippen LogP contribution in [0.5, 0.6) is 0 Å². The number of rotatable bonds is 3. The molecule has 15 rings (SSSR count). The monoisotopic (exact) mass is 856 g/mol. The summed E-state index contributed by atoms with van der Waals surface area (Å²) in [6.07, 6.45) is 16.8. The topological polar surface area (TPSA) is 0 Å². The van der Waals surface area contributed by atoms with Crippen molar-refractivity contribution in [3.8, 4) is 55.6 Å². The van der Waals surface area contributed by atoms with Gasteiger partial charge in [-0.25, -0.2) is 0 Å². The van der Waals surface area contributed by atoms with Crippen molar-refractivity contribution in [3.05, 3.63) is 209 Å². The predicted octanol–water partition coefficient (Wildman–Crippen LogP) is 14.4. The molecule has 0 fully saturated rings. The second-order valence-electron chi connectivity index (χ2n) is 20.7. The number of hydrogen-bond donors (Lipinski definition) is 0. The summed E-state index contributed by atoms with van der Waals surface area (Å²) in [6.45, 7) is 7.60. The van der Waals surface area contributed by atoms with E-state index in [0.717, 1.165) is 19.3 Å². The molecule has 5 aliphatic carbocycles. The standard InChI is InChI=1S/C65H48Si/c1-65-32-11-10-14-40(65)34-39(31-33-65)38-25-26-54-56(35-38)64(53-30-28-51-44-18-7-5-16-42(44)47-21-13-23-49(53)62(47)51)58-37-60-55(45-19-8-9-24-59(45)66(60,2)3)36-57(58)63(54)52-29-27-50-43-17-6-4-15-41(43)46-20-12-22-48(52)61(46)50/h4-10,12-27,29,31,33-37,40H,11,28,30,32H2,1-3H3. The highest BCUT2D eigenvalue weighted by Crippen LogP contribution is 2.53. The van der Waals surface area contributed by atoms with Crippen LogP contribution in [0.4, 0.5) is 0 Å². The van der Waals surface area contributed by atoms with E-state index in [1.807, 2.05) is 0 Å². The van der Waals surface area contributed by atoms with Gasteiger partial charge in [0.15, 0.2) is 0 Å². The van der Waals surface area contributed by atoms with Crippen molar-refractivity contribution in [2.45, 2.75) is 45.7 Å². The zero-order valence-corrected chi connectivity index (χ0v) is 38.7. The Bertz CT molecular complexity index is 3950. The molecule has 0 bridgehead atoms. The molecule has 0 nitrogen and oxygen atoms in total. The summed E-state index contributed by atoms with van der Waals surface area (Å²) in [7, 11) is -2.05. The second kappa shape index (κ2) is 13.1. The molecule has 0 amide bonds. The van der Waals surface area contributed by atoms with E-state index >= 15 is 0 Å². The number of benzene rings is 9. The Morgan fingerprint density at radius 2 is 1.17 bits per heavy atom. The van der Waals surface area contributed by atoms with E-state index in [0.29, 0.717) is 5.92 Å². The van der Waals surface area contributed by atoms with E-state index < -0.39 is 8.07 Å². The van der Waals surface area contributed by atoms with Gasteiger partial charge in [0, 0.05) is 5.92 Å². The van der Waals surface area contributed by atoms with Gasteiger partial charge in [-0.2, -0.15) is 0 Å². The molecular weight excluding hydrogens is 809 g/mol. The molecule has 66 heavy (non-hydrogen) atoms. The van der Waals surface area contributed by atoms with Gasteiger partial charge < -0.3 is 0 Å². The van der Waals surface area contributed by atoms with Crippen molar-refractivity contribution in [3.63, 3.8) is 0 Å². The van der Waals surface area contributed by atoms with Crippen molar-refractivity contribution >= 4 is 67.5 Å². The average molecular weight is 857 g/mol. The van der Waals surface area contributed by atoms with Crippen LogP contribution in [0.2, 0.25) is 13.1 Å². The van der Waals surface area contributed by atoms with Crippen LogP contribution in [0.3, 0.4) is 0 Å². The van der Waals surface area contributed by atoms with Crippen LogP contribution in [0.15, 0.2) is 182 Å². The van der Waals surface area contributed by atoms with Gasteiger partial charge in [-0.1, -0.05) is 190 Å². The Morgan fingerprint density at radius 3 is 2.02 bits per heavy atom. The fourth-order valence-electron chi connectivity index (χ4n) is 13.8. The first-order valence-electron chi connectivity index (χ1n) is 24.2. The molecule has 0 saturated carbocycles. The van der Waals surface area contributed by atoms with Gasteiger partial charge in [0.25, 0.3) is 0 Å². The van der Waals surface area contributed by atoms with E-state index in [4.69, 9.17) is 0 Å². The number of fused-ring (bicyclic) bond motifs is 12. The van der Waals surface area contributed by atoms with Crippen LogP contribution < -0.4 is 20.8 Å². The summed E-state index contributed by atoms with van der Waals surface area (Å²) < 4.78 is 0. The van der Waals surface area contributed by atoms with Gasteiger partial charge in [-0.05, 0) is 185 Å². The zero-order valence-electron chi connectivity index (χ0n) is 37.7. The zero-order chi connectivity index (χ0) is 43.6. The van der Waals surface area contributed by atoms with Crippen LogP contribution in [0.1, 0.15) is 49.3 Å². The Hall–Kier alpha value is -7.06. The minimum atomic E-state index is -2.05. The van der Waals surface area contributed by atoms with Crippen LogP contribution in [-0.2, 0) is 0 Å². The fraction of sp³-hybridized carbons (Fsp3) is 0.138. The highest BCUT2D eigenvalue weighted by molar-refractivity contribution is 7.04. The van der Waals surface area contributed by atoms with Crippen molar-refractivity contribution in [1.82, 2.24) is 0 Å². The van der Waals surface area contributed by atoms with E-state index in [1.54, 1.807) is 10.4 Å². The quantitative estimate of drug-likeness (QED) is 0.0943. The highest BCUT2D eigenvalue weighted by Gasteiger charge is 2.39. The Morgan fingerprint density at radius 1 is 0.500 bits per heavy atom. The first-order chi connectivity index (χ1) is 32.4. The molecule has 1 aliphatic heterocycles. The summed E-state index contributed by atoms with van der Waals surface area (Å²) >= 11 is 0. The SMILES string of the molecule is CC12C=CC(c3ccc4c(-c5ccc6c7c(cccc57)-c5ccccc5-6)c5cc6c(cc5c(C5=c7cccc8c7=C(CC5)c5ccccc5-8)c4c3)[Si](C)(C)c3ccccc3-6)=CC1C=CCC2. The third-order valence-corrected chi connectivity index (χ3v) is 20.6. The maximum absolute atomic E-state index is 2.71. The molecule has 0 aromatic heterocycles. The van der Waals surface area contributed by atoms with Crippen molar-refractivity contribution in [2.24, 2.45) is 11.3 Å². The molecule has 2 unspecified atom stereocenters. The Kier molecular flexibility index (Phi) is 7.36. The van der Waals surface area contributed by atoms with E-state index in [1.165, 1.54) is 138 Å². The molecule has 312 valence electrons. The third kappa shape index (κ3) is 4.79. The minimum Gasteiger partial charge on any atom is -0.0879 e. The number of hydrogen-bond acceptors (Lipinski definition) is 0. The highest BCUT2D eigenvalue weighted by atomic mass is 28.3. The lowest BCUT2D eigenvalue weighted by atomic mass is 9.67. The summed E-state index contributed by atoms with van der Waals surface area (Å²) in [5.41, 5.74) is 22.3. The van der Waals surface area contributed by atoms with E-state index in [2.05, 4.69) is 202 Å². The van der Waals surface area contributed by atoms with Crippen LogP contribution in [0, 0.1) is 11.3 Å². The summed E-state index contributed by atoms with van der Waals surface area (Å²) in [4.78, 5) is 0. The van der Waals surface area contributed by atoms with Gasteiger partial charge in [0.2, 0.25) is 0 Å². The summed E-state index contributed by atoms with van der Waals surface area (Å²) in [6, 6.07) is 59.4. The maximum Gasteiger partial charge on any atom is 0.113 e. The van der Waals surface area contributed by atoms with Crippen LogP contribution in [0.25, 0.3) is 105 Å². The minimum absolute atomic E-state index is 0.172. The van der Waals surface area contributed by atoms with Crippen molar-refractivity contribution < 1.29 is 0 Å². The van der Waals surface area contributed by atoms with Gasteiger partial charge in [0.05, 0.1) is 0 Å². The van der Waals surface area contributed by atoms with E-state index in [9.17, 15) is 0 Å². The fourth-order valence-corrected chi connectivity index (χ4v) is 16.9. The van der Waals surface area contributed by atoms with Gasteiger partial charge in [0.1, 0.15) is 8.07 Å². The maximum atomic E-state index is 2.71. The molecule has 0 radical (unpaired) electrons. The van der Waals surface area contributed by atoms with Crippen LogP contribution in [-0.4, -0.2) is 8.07 Å². The smallest absolute Gasteiger partial charge is 0.0879 e. The lowest BCUT2D eigenvalue weighted by Gasteiger charge is -2.37. The first-order valence-corrected chi connectivity index (χ1v) is 27.2. The molecule has 6 aliphatic rings. The molecule has 2 atom stereocenters.